The molecule has 0 amide bonds. The predicted octanol–water partition coefficient (Wildman–Crippen LogP) is 1.91. The van der Waals surface area contributed by atoms with Crippen LogP contribution in [0, 0.1) is 11.3 Å². The zero-order valence-electron chi connectivity index (χ0n) is 8.25. The van der Waals surface area contributed by atoms with Crippen molar-refractivity contribution in [3.63, 3.8) is 0 Å². The van der Waals surface area contributed by atoms with Crippen molar-refractivity contribution in [3.8, 4) is 0 Å². The molecule has 0 aromatic carbocycles. The molecule has 2 heteroatoms. The third-order valence-electron chi connectivity index (χ3n) is 3.90. The molecule has 0 aromatic rings. The van der Waals surface area contributed by atoms with Crippen molar-refractivity contribution in [2.45, 2.75) is 51.6 Å². The van der Waals surface area contributed by atoms with Gasteiger partial charge in [-0.05, 0) is 31.1 Å². The highest BCUT2D eigenvalue weighted by atomic mass is 16.3. The van der Waals surface area contributed by atoms with Gasteiger partial charge in [0.25, 0.3) is 0 Å². The first-order chi connectivity index (χ1) is 6.13. The molecule has 2 aliphatic carbocycles. The van der Waals surface area contributed by atoms with Crippen LogP contribution < -0.4 is 0 Å². The van der Waals surface area contributed by atoms with Crippen molar-refractivity contribution in [1.82, 2.24) is 0 Å². The van der Waals surface area contributed by atoms with Crippen molar-refractivity contribution in [1.29, 1.82) is 0 Å². The Labute approximate surface area is 79.3 Å². The Morgan fingerprint density at radius 2 is 2.08 bits per heavy atom. The van der Waals surface area contributed by atoms with Crippen molar-refractivity contribution in [3.05, 3.63) is 0 Å². The normalized spacial score (nSPS) is 45.8. The van der Waals surface area contributed by atoms with Crippen molar-refractivity contribution < 1.29 is 9.90 Å². The topological polar surface area (TPSA) is 37.3 Å². The van der Waals surface area contributed by atoms with Crippen LogP contribution in [-0.2, 0) is 4.79 Å². The van der Waals surface area contributed by atoms with Crippen LogP contribution in [0.3, 0.4) is 0 Å². The number of hydrogen-bond donors (Lipinski definition) is 1. The zero-order valence-corrected chi connectivity index (χ0v) is 8.25. The van der Waals surface area contributed by atoms with E-state index in [9.17, 15) is 9.90 Å². The first-order valence-corrected chi connectivity index (χ1v) is 5.34. The summed E-state index contributed by atoms with van der Waals surface area (Å²) in [4.78, 5) is 11.7. The van der Waals surface area contributed by atoms with Gasteiger partial charge >= 0.3 is 0 Å². The summed E-state index contributed by atoms with van der Waals surface area (Å²) in [5.41, 5.74) is 0.118. The van der Waals surface area contributed by atoms with E-state index in [1.165, 1.54) is 0 Å². The number of aliphatic hydroxyl groups excluding tert-OH is 1. The minimum Gasteiger partial charge on any atom is -0.392 e. The van der Waals surface area contributed by atoms with E-state index < -0.39 is 0 Å². The predicted molar refractivity (Wildman–Crippen MR) is 50.3 cm³/mol. The van der Waals surface area contributed by atoms with Gasteiger partial charge in [0.15, 0.2) is 0 Å². The Morgan fingerprint density at radius 3 is 2.77 bits per heavy atom. The van der Waals surface area contributed by atoms with Crippen LogP contribution in [0.15, 0.2) is 0 Å². The van der Waals surface area contributed by atoms with Crippen LogP contribution >= 0.6 is 0 Å². The molecule has 3 atom stereocenters. The van der Waals surface area contributed by atoms with Gasteiger partial charge < -0.3 is 5.11 Å². The molecule has 0 bridgehead atoms. The number of hydrogen-bond acceptors (Lipinski definition) is 2. The highest BCUT2D eigenvalue weighted by molar-refractivity contribution is 5.83. The van der Waals surface area contributed by atoms with E-state index in [0.29, 0.717) is 12.2 Å². The molecule has 0 saturated heterocycles. The van der Waals surface area contributed by atoms with Gasteiger partial charge in [-0.1, -0.05) is 13.3 Å². The van der Waals surface area contributed by atoms with Crippen molar-refractivity contribution in [2.24, 2.45) is 11.3 Å². The van der Waals surface area contributed by atoms with Gasteiger partial charge in [-0.25, -0.2) is 0 Å². The molecular formula is C11H18O2. The zero-order chi connectivity index (χ0) is 9.47. The lowest BCUT2D eigenvalue weighted by Gasteiger charge is -2.46. The third-order valence-corrected chi connectivity index (χ3v) is 3.90. The Hall–Kier alpha value is -0.370. The number of carbonyl (C=O) groups excluding carboxylic acids is 1. The number of carbonyl (C=O) groups is 1. The fourth-order valence-corrected chi connectivity index (χ4v) is 3.21. The second-order valence-electron chi connectivity index (χ2n) is 4.91. The molecule has 13 heavy (non-hydrogen) atoms. The number of aliphatic hydroxyl groups is 1. The van der Waals surface area contributed by atoms with E-state index in [-0.39, 0.29) is 17.4 Å². The lowest BCUT2D eigenvalue weighted by atomic mass is 9.59. The fourth-order valence-electron chi connectivity index (χ4n) is 3.21. The average molecular weight is 182 g/mol. The number of fused-ring (bicyclic) bond motifs is 1. The minimum atomic E-state index is -0.355. The van der Waals surface area contributed by atoms with Crippen LogP contribution in [0.5, 0.6) is 0 Å². The van der Waals surface area contributed by atoms with Gasteiger partial charge in [-0.2, -0.15) is 0 Å². The summed E-state index contributed by atoms with van der Waals surface area (Å²) < 4.78 is 0. The largest absolute Gasteiger partial charge is 0.392 e. The molecule has 2 fully saturated rings. The molecule has 0 unspecified atom stereocenters. The van der Waals surface area contributed by atoms with E-state index in [2.05, 4.69) is 6.92 Å². The summed E-state index contributed by atoms with van der Waals surface area (Å²) in [5.74, 6) is 0.260. The summed E-state index contributed by atoms with van der Waals surface area (Å²) in [6, 6.07) is 0. The highest BCUT2D eigenvalue weighted by Crippen LogP contribution is 2.48. The molecule has 0 radical (unpaired) electrons. The van der Waals surface area contributed by atoms with E-state index in [4.69, 9.17) is 0 Å². The highest BCUT2D eigenvalue weighted by Gasteiger charge is 2.47. The van der Waals surface area contributed by atoms with Crippen LogP contribution in [-0.4, -0.2) is 17.0 Å². The molecule has 2 rings (SSSR count). The second kappa shape index (κ2) is 3.09. The number of rotatable bonds is 0. The standard InChI is InChI=1S/C11H18O2/c1-11-6-2-4-8(12)10(11)9(13)5-3-7-11/h8,10,12H,2-7H2,1H3/t8-,10-,11+/m1/s1. The Morgan fingerprint density at radius 1 is 1.38 bits per heavy atom. The van der Waals surface area contributed by atoms with Crippen molar-refractivity contribution >= 4 is 5.78 Å². The maximum Gasteiger partial charge on any atom is 0.139 e. The van der Waals surface area contributed by atoms with Gasteiger partial charge in [0.1, 0.15) is 5.78 Å². The van der Waals surface area contributed by atoms with E-state index >= 15 is 0 Å². The molecule has 0 spiro atoms. The first kappa shape index (κ1) is 9.20. The number of Topliss-reactive ketones (excluding diaryl/α,β-unsaturated/α-hetero) is 1. The average Bonchev–Trinajstić information content (AvgIpc) is 2.02. The summed E-state index contributed by atoms with van der Waals surface area (Å²) in [7, 11) is 0. The SMILES string of the molecule is C[C@]12CCCC(=O)[C@H]1[C@H](O)CCC2. The van der Waals surface area contributed by atoms with Crippen molar-refractivity contribution in [2.75, 3.05) is 0 Å². The maximum atomic E-state index is 11.7. The summed E-state index contributed by atoms with van der Waals surface area (Å²) in [5, 5.41) is 9.82. The van der Waals surface area contributed by atoms with Crippen LogP contribution in [0.25, 0.3) is 0 Å². The summed E-state index contributed by atoms with van der Waals surface area (Å²) >= 11 is 0. The van der Waals surface area contributed by atoms with Gasteiger partial charge in [0.05, 0.1) is 6.10 Å². The van der Waals surface area contributed by atoms with E-state index in [1.807, 2.05) is 0 Å². The molecule has 2 aliphatic rings. The fraction of sp³-hybridized carbons (Fsp3) is 0.909. The minimum absolute atomic E-state index is 0.0463. The summed E-state index contributed by atoms with van der Waals surface area (Å²) in [6.45, 7) is 2.18. The third kappa shape index (κ3) is 1.41. The molecule has 1 N–H and O–H groups in total. The Kier molecular flexibility index (Phi) is 2.18. The smallest absolute Gasteiger partial charge is 0.139 e. The molecule has 74 valence electrons. The molecule has 2 nitrogen and oxygen atoms in total. The molecular weight excluding hydrogens is 164 g/mol. The molecule has 2 saturated carbocycles. The maximum absolute atomic E-state index is 11.7. The Balaban J connectivity index is 2.24. The monoisotopic (exact) mass is 182 g/mol. The quantitative estimate of drug-likeness (QED) is 0.621. The van der Waals surface area contributed by atoms with Crippen LogP contribution in [0.4, 0.5) is 0 Å². The molecule has 0 aromatic heterocycles. The second-order valence-corrected chi connectivity index (χ2v) is 4.91. The van der Waals surface area contributed by atoms with Crippen LogP contribution in [0.2, 0.25) is 0 Å². The lowest BCUT2D eigenvalue weighted by molar-refractivity contribution is -0.140. The number of ketones is 1. The van der Waals surface area contributed by atoms with Gasteiger partial charge in [0.2, 0.25) is 0 Å². The molecule has 0 aliphatic heterocycles. The molecule has 0 heterocycles. The van der Waals surface area contributed by atoms with Gasteiger partial charge in [-0.15, -0.1) is 0 Å². The van der Waals surface area contributed by atoms with Crippen LogP contribution in [0.1, 0.15) is 45.4 Å². The van der Waals surface area contributed by atoms with Gasteiger partial charge in [0, 0.05) is 12.3 Å². The first-order valence-electron chi connectivity index (χ1n) is 5.34. The van der Waals surface area contributed by atoms with E-state index in [1.54, 1.807) is 0 Å². The van der Waals surface area contributed by atoms with Gasteiger partial charge in [-0.3, -0.25) is 4.79 Å². The van der Waals surface area contributed by atoms with E-state index in [0.717, 1.165) is 32.1 Å². The summed E-state index contributed by atoms with van der Waals surface area (Å²) in [6.07, 6.45) is 5.52. The lowest BCUT2D eigenvalue weighted by Crippen LogP contribution is -2.47. The Bertz CT molecular complexity index is 220.